The Labute approximate surface area is 122 Å². The summed E-state index contributed by atoms with van der Waals surface area (Å²) in [5.41, 5.74) is 5.66. The molecule has 0 heterocycles. The van der Waals surface area contributed by atoms with Crippen LogP contribution in [-0.4, -0.2) is 19.5 Å². The number of carbonyl (C=O) groups excluding carboxylic acids is 1. The van der Waals surface area contributed by atoms with Crippen LogP contribution in [0.3, 0.4) is 0 Å². The molecule has 0 aromatic carbocycles. The summed E-state index contributed by atoms with van der Waals surface area (Å²) in [7, 11) is 0. The third-order valence-corrected chi connectivity index (χ3v) is 4.42. The van der Waals surface area contributed by atoms with Crippen LogP contribution in [0.5, 0.6) is 0 Å². The van der Waals surface area contributed by atoms with Crippen LogP contribution in [0.1, 0.15) is 52.4 Å². The van der Waals surface area contributed by atoms with Gasteiger partial charge in [0.1, 0.15) is 6.29 Å². The standard InChI is InChI=1S/C18H26O2/c1-3-14(12-19)5-6-15-9-17-8-7-16(13-20-4-2)11-18(17)10-15/h5-6,12,16H,3-4,7-11,13H2,1-2H3/b14-5+,15-6-. The van der Waals surface area contributed by atoms with Crippen LogP contribution < -0.4 is 0 Å². The Morgan fingerprint density at radius 2 is 2.10 bits per heavy atom. The SMILES string of the molecule is CCOCC1CCC2=C(C/C(=C\C=C(\C=O)CC)C2)C1. The molecule has 0 bridgehead atoms. The van der Waals surface area contributed by atoms with E-state index in [0.717, 1.165) is 44.3 Å². The molecule has 0 aromatic rings. The summed E-state index contributed by atoms with van der Waals surface area (Å²) in [5.74, 6) is 0.713. The van der Waals surface area contributed by atoms with Crippen molar-refractivity contribution in [1.82, 2.24) is 0 Å². The Morgan fingerprint density at radius 1 is 1.30 bits per heavy atom. The van der Waals surface area contributed by atoms with Gasteiger partial charge >= 0.3 is 0 Å². The van der Waals surface area contributed by atoms with Crippen LogP contribution in [0.15, 0.2) is 34.4 Å². The summed E-state index contributed by atoms with van der Waals surface area (Å²) in [6.45, 7) is 5.82. The van der Waals surface area contributed by atoms with Gasteiger partial charge in [0, 0.05) is 13.2 Å². The van der Waals surface area contributed by atoms with Crippen molar-refractivity contribution in [3.05, 3.63) is 34.4 Å². The molecule has 0 aromatic heterocycles. The third-order valence-electron chi connectivity index (χ3n) is 4.42. The maximum Gasteiger partial charge on any atom is 0.146 e. The lowest BCUT2D eigenvalue weighted by atomic mass is 9.86. The number of ether oxygens (including phenoxy) is 1. The zero-order valence-electron chi connectivity index (χ0n) is 12.8. The molecule has 2 heteroatoms. The molecule has 0 amide bonds. The molecule has 0 saturated carbocycles. The van der Waals surface area contributed by atoms with Crippen molar-refractivity contribution >= 4 is 6.29 Å². The molecule has 0 radical (unpaired) electrons. The Balaban J connectivity index is 1.93. The average molecular weight is 274 g/mol. The molecular weight excluding hydrogens is 248 g/mol. The van der Waals surface area contributed by atoms with E-state index in [9.17, 15) is 4.79 Å². The number of aldehydes is 1. The number of hydrogen-bond acceptors (Lipinski definition) is 2. The van der Waals surface area contributed by atoms with Crippen LogP contribution in [0.2, 0.25) is 0 Å². The fourth-order valence-electron chi connectivity index (χ4n) is 3.18. The van der Waals surface area contributed by atoms with E-state index in [1.807, 2.05) is 13.0 Å². The van der Waals surface area contributed by atoms with Gasteiger partial charge in [0.2, 0.25) is 0 Å². The van der Waals surface area contributed by atoms with E-state index in [4.69, 9.17) is 4.74 Å². The van der Waals surface area contributed by atoms with Crippen molar-refractivity contribution in [1.29, 1.82) is 0 Å². The maximum absolute atomic E-state index is 10.8. The summed E-state index contributed by atoms with van der Waals surface area (Å²) >= 11 is 0. The highest BCUT2D eigenvalue weighted by atomic mass is 16.5. The van der Waals surface area contributed by atoms with Crippen LogP contribution >= 0.6 is 0 Å². The minimum Gasteiger partial charge on any atom is -0.381 e. The number of carbonyl (C=O) groups is 1. The number of hydrogen-bond donors (Lipinski definition) is 0. The zero-order chi connectivity index (χ0) is 14.4. The summed E-state index contributed by atoms with van der Waals surface area (Å²) in [6.07, 6.45) is 11.9. The Morgan fingerprint density at radius 3 is 2.80 bits per heavy atom. The Hall–Kier alpha value is -1.15. The first-order valence-corrected chi connectivity index (χ1v) is 7.88. The van der Waals surface area contributed by atoms with E-state index >= 15 is 0 Å². The molecule has 1 unspecified atom stereocenters. The lowest BCUT2D eigenvalue weighted by Gasteiger charge is -2.23. The van der Waals surface area contributed by atoms with Gasteiger partial charge in [0.05, 0.1) is 0 Å². The van der Waals surface area contributed by atoms with Gasteiger partial charge < -0.3 is 4.74 Å². The zero-order valence-corrected chi connectivity index (χ0v) is 12.8. The lowest BCUT2D eigenvalue weighted by molar-refractivity contribution is -0.105. The van der Waals surface area contributed by atoms with Gasteiger partial charge in [-0.2, -0.15) is 0 Å². The van der Waals surface area contributed by atoms with E-state index in [-0.39, 0.29) is 0 Å². The highest BCUT2D eigenvalue weighted by molar-refractivity contribution is 5.73. The van der Waals surface area contributed by atoms with Gasteiger partial charge in [0.25, 0.3) is 0 Å². The van der Waals surface area contributed by atoms with Crippen molar-refractivity contribution in [3.8, 4) is 0 Å². The van der Waals surface area contributed by atoms with Gasteiger partial charge in [-0.1, -0.05) is 35.8 Å². The molecule has 0 N–H and O–H groups in total. The average Bonchev–Trinajstić information content (AvgIpc) is 2.88. The normalized spacial score (nSPS) is 25.2. The molecular formula is C18H26O2. The first kappa shape index (κ1) is 15.2. The Kier molecular flexibility index (Phi) is 5.78. The van der Waals surface area contributed by atoms with Crippen LogP contribution in [-0.2, 0) is 9.53 Å². The molecule has 2 nitrogen and oxygen atoms in total. The molecule has 0 fully saturated rings. The van der Waals surface area contributed by atoms with Gasteiger partial charge in [0.15, 0.2) is 0 Å². The van der Waals surface area contributed by atoms with Crippen molar-refractivity contribution in [2.75, 3.05) is 13.2 Å². The quantitative estimate of drug-likeness (QED) is 0.408. The smallest absolute Gasteiger partial charge is 0.146 e. The summed E-state index contributed by atoms with van der Waals surface area (Å²) in [6, 6.07) is 0. The second kappa shape index (κ2) is 7.58. The molecule has 0 spiro atoms. The number of allylic oxidation sites excluding steroid dienone is 6. The van der Waals surface area contributed by atoms with E-state index in [1.54, 1.807) is 11.1 Å². The van der Waals surface area contributed by atoms with Gasteiger partial charge in [-0.05, 0) is 56.9 Å². The maximum atomic E-state index is 10.8. The van der Waals surface area contributed by atoms with Crippen LogP contribution in [0.4, 0.5) is 0 Å². The first-order chi connectivity index (χ1) is 9.76. The van der Waals surface area contributed by atoms with Gasteiger partial charge in [-0.25, -0.2) is 0 Å². The summed E-state index contributed by atoms with van der Waals surface area (Å²) in [5, 5.41) is 0. The molecule has 0 aliphatic heterocycles. The number of rotatable bonds is 6. The highest BCUT2D eigenvalue weighted by Gasteiger charge is 2.26. The molecule has 2 aliphatic carbocycles. The highest BCUT2D eigenvalue weighted by Crippen LogP contribution is 2.42. The van der Waals surface area contributed by atoms with E-state index < -0.39 is 0 Å². The lowest BCUT2D eigenvalue weighted by Crippen LogP contribution is -2.14. The largest absolute Gasteiger partial charge is 0.381 e. The summed E-state index contributed by atoms with van der Waals surface area (Å²) < 4.78 is 5.57. The van der Waals surface area contributed by atoms with Gasteiger partial charge in [-0.15, -0.1) is 0 Å². The molecule has 2 rings (SSSR count). The van der Waals surface area contributed by atoms with Crippen molar-refractivity contribution in [2.45, 2.75) is 52.4 Å². The second-order valence-electron chi connectivity index (χ2n) is 5.87. The van der Waals surface area contributed by atoms with Crippen LogP contribution in [0.25, 0.3) is 0 Å². The van der Waals surface area contributed by atoms with Crippen molar-refractivity contribution < 1.29 is 9.53 Å². The van der Waals surface area contributed by atoms with Gasteiger partial charge in [-0.3, -0.25) is 4.79 Å². The molecule has 110 valence electrons. The van der Waals surface area contributed by atoms with Crippen molar-refractivity contribution in [2.24, 2.45) is 5.92 Å². The fraction of sp³-hybridized carbons (Fsp3) is 0.611. The first-order valence-electron chi connectivity index (χ1n) is 7.88. The van der Waals surface area contributed by atoms with Crippen molar-refractivity contribution in [3.63, 3.8) is 0 Å². The minimum atomic E-state index is 0.713. The molecule has 2 aliphatic rings. The molecule has 0 saturated heterocycles. The topological polar surface area (TPSA) is 26.3 Å². The third kappa shape index (κ3) is 3.92. The predicted molar refractivity (Wildman–Crippen MR) is 82.6 cm³/mol. The van der Waals surface area contributed by atoms with E-state index in [0.29, 0.717) is 5.92 Å². The summed E-state index contributed by atoms with van der Waals surface area (Å²) in [4.78, 5) is 10.8. The monoisotopic (exact) mass is 274 g/mol. The predicted octanol–water partition coefficient (Wildman–Crippen LogP) is 4.38. The second-order valence-corrected chi connectivity index (χ2v) is 5.87. The van der Waals surface area contributed by atoms with Crippen LogP contribution in [0, 0.1) is 5.92 Å². The van der Waals surface area contributed by atoms with E-state index in [1.165, 1.54) is 24.8 Å². The van der Waals surface area contributed by atoms with E-state index in [2.05, 4.69) is 13.0 Å². The Bertz CT molecular complexity index is 440. The molecule has 20 heavy (non-hydrogen) atoms. The minimum absolute atomic E-state index is 0.713. The fourth-order valence-corrected chi connectivity index (χ4v) is 3.18. The molecule has 1 atom stereocenters.